The van der Waals surface area contributed by atoms with E-state index < -0.39 is 0 Å². The summed E-state index contributed by atoms with van der Waals surface area (Å²) in [5, 5.41) is 3.25. The van der Waals surface area contributed by atoms with E-state index in [2.05, 4.69) is 15.3 Å². The highest BCUT2D eigenvalue weighted by molar-refractivity contribution is 5.33. The number of aromatic nitrogens is 2. The maximum atomic E-state index is 6.08. The van der Waals surface area contributed by atoms with Crippen molar-refractivity contribution in [2.24, 2.45) is 5.73 Å². The zero-order chi connectivity index (χ0) is 10.0. The molecule has 4 heteroatoms. The number of nitrogens with zero attached hydrogens (tertiary/aromatic N) is 2. The van der Waals surface area contributed by atoms with Crippen LogP contribution in [-0.2, 0) is 0 Å². The molecular weight excluding hydrogens is 176 g/mol. The molecule has 1 aliphatic carbocycles. The molecular formula is C10H16N4. The van der Waals surface area contributed by atoms with Gasteiger partial charge in [-0.25, -0.2) is 9.97 Å². The standard InChI is InChI=1S/C10H16N4/c1-8-12-6-3-9(14-8)13-7-10(11)4-2-5-10/h3,6H,2,4-5,7,11H2,1H3,(H,12,13,14). The summed E-state index contributed by atoms with van der Waals surface area (Å²) in [6, 6.07) is 1.87. The highest BCUT2D eigenvalue weighted by atomic mass is 15.0. The van der Waals surface area contributed by atoms with Gasteiger partial charge < -0.3 is 11.1 Å². The van der Waals surface area contributed by atoms with Crippen LogP contribution < -0.4 is 11.1 Å². The molecule has 1 saturated carbocycles. The molecule has 2 rings (SSSR count). The number of anilines is 1. The molecule has 0 atom stereocenters. The Balaban J connectivity index is 1.91. The Hall–Kier alpha value is -1.16. The lowest BCUT2D eigenvalue weighted by molar-refractivity contribution is 0.265. The van der Waals surface area contributed by atoms with Crippen molar-refractivity contribution in [3.05, 3.63) is 18.1 Å². The average molecular weight is 192 g/mol. The topological polar surface area (TPSA) is 63.8 Å². The number of rotatable bonds is 3. The van der Waals surface area contributed by atoms with E-state index in [1.807, 2.05) is 13.0 Å². The number of hydrogen-bond donors (Lipinski definition) is 2. The van der Waals surface area contributed by atoms with Gasteiger partial charge in [-0.2, -0.15) is 0 Å². The molecule has 1 aromatic heterocycles. The van der Waals surface area contributed by atoms with E-state index in [0.717, 1.165) is 31.0 Å². The van der Waals surface area contributed by atoms with Crippen molar-refractivity contribution >= 4 is 5.82 Å². The van der Waals surface area contributed by atoms with Crippen LogP contribution in [0.1, 0.15) is 25.1 Å². The van der Waals surface area contributed by atoms with Crippen LogP contribution in [-0.4, -0.2) is 22.1 Å². The van der Waals surface area contributed by atoms with E-state index >= 15 is 0 Å². The molecule has 0 bridgehead atoms. The Morgan fingerprint density at radius 1 is 1.57 bits per heavy atom. The highest BCUT2D eigenvalue weighted by Gasteiger charge is 2.32. The molecule has 0 aromatic carbocycles. The smallest absolute Gasteiger partial charge is 0.129 e. The maximum Gasteiger partial charge on any atom is 0.129 e. The molecule has 0 aliphatic heterocycles. The number of hydrogen-bond acceptors (Lipinski definition) is 4. The van der Waals surface area contributed by atoms with Gasteiger partial charge in [-0.1, -0.05) is 0 Å². The largest absolute Gasteiger partial charge is 0.368 e. The number of nitrogens with two attached hydrogens (primary N) is 1. The molecule has 4 nitrogen and oxygen atoms in total. The SMILES string of the molecule is Cc1nccc(NCC2(N)CCC2)n1. The first-order valence-electron chi connectivity index (χ1n) is 5.00. The summed E-state index contributed by atoms with van der Waals surface area (Å²) >= 11 is 0. The van der Waals surface area contributed by atoms with Gasteiger partial charge in [0.2, 0.25) is 0 Å². The first-order chi connectivity index (χ1) is 6.68. The lowest BCUT2D eigenvalue weighted by Crippen LogP contribution is -2.52. The Kier molecular flexibility index (Phi) is 2.37. The molecule has 14 heavy (non-hydrogen) atoms. The molecule has 1 aliphatic rings. The van der Waals surface area contributed by atoms with Crippen molar-refractivity contribution in [2.75, 3.05) is 11.9 Å². The van der Waals surface area contributed by atoms with Crippen molar-refractivity contribution in [2.45, 2.75) is 31.7 Å². The fourth-order valence-corrected chi connectivity index (χ4v) is 1.63. The average Bonchev–Trinajstić information content (AvgIpc) is 2.12. The fourth-order valence-electron chi connectivity index (χ4n) is 1.63. The Labute approximate surface area is 83.9 Å². The summed E-state index contributed by atoms with van der Waals surface area (Å²) in [5.41, 5.74) is 6.08. The van der Waals surface area contributed by atoms with E-state index in [1.54, 1.807) is 6.20 Å². The van der Waals surface area contributed by atoms with Crippen LogP contribution in [0.4, 0.5) is 5.82 Å². The molecule has 1 heterocycles. The second-order valence-corrected chi connectivity index (χ2v) is 4.06. The van der Waals surface area contributed by atoms with Gasteiger partial charge in [-0.05, 0) is 32.3 Å². The predicted molar refractivity (Wildman–Crippen MR) is 56.0 cm³/mol. The van der Waals surface area contributed by atoms with E-state index in [0.29, 0.717) is 0 Å². The van der Waals surface area contributed by atoms with Gasteiger partial charge in [-0.3, -0.25) is 0 Å². The second kappa shape index (κ2) is 3.53. The summed E-state index contributed by atoms with van der Waals surface area (Å²) in [4.78, 5) is 8.29. The van der Waals surface area contributed by atoms with Crippen LogP contribution in [0.15, 0.2) is 12.3 Å². The van der Waals surface area contributed by atoms with E-state index in [1.165, 1.54) is 6.42 Å². The summed E-state index contributed by atoms with van der Waals surface area (Å²) in [6.45, 7) is 2.69. The minimum atomic E-state index is -0.00114. The monoisotopic (exact) mass is 192 g/mol. The molecule has 0 unspecified atom stereocenters. The van der Waals surface area contributed by atoms with Crippen molar-refractivity contribution in [1.29, 1.82) is 0 Å². The minimum absolute atomic E-state index is 0.00114. The van der Waals surface area contributed by atoms with Gasteiger partial charge in [0.25, 0.3) is 0 Å². The zero-order valence-electron chi connectivity index (χ0n) is 8.45. The molecule has 0 saturated heterocycles. The van der Waals surface area contributed by atoms with Crippen LogP contribution >= 0.6 is 0 Å². The number of nitrogens with one attached hydrogen (secondary N) is 1. The maximum absolute atomic E-state index is 6.08. The summed E-state index contributed by atoms with van der Waals surface area (Å²) in [5.74, 6) is 1.66. The molecule has 1 aromatic rings. The van der Waals surface area contributed by atoms with Gasteiger partial charge >= 0.3 is 0 Å². The summed E-state index contributed by atoms with van der Waals surface area (Å²) in [7, 11) is 0. The predicted octanol–water partition coefficient (Wildman–Crippen LogP) is 1.08. The van der Waals surface area contributed by atoms with Crippen LogP contribution in [0.5, 0.6) is 0 Å². The second-order valence-electron chi connectivity index (χ2n) is 4.06. The Morgan fingerprint density at radius 2 is 2.36 bits per heavy atom. The van der Waals surface area contributed by atoms with Gasteiger partial charge in [0.05, 0.1) is 0 Å². The quantitative estimate of drug-likeness (QED) is 0.752. The lowest BCUT2D eigenvalue weighted by Gasteiger charge is -2.38. The van der Waals surface area contributed by atoms with Crippen molar-refractivity contribution < 1.29 is 0 Å². The summed E-state index contributed by atoms with van der Waals surface area (Å²) in [6.07, 6.45) is 5.24. The molecule has 76 valence electrons. The van der Waals surface area contributed by atoms with Gasteiger partial charge in [0.15, 0.2) is 0 Å². The third-order valence-electron chi connectivity index (χ3n) is 2.75. The van der Waals surface area contributed by atoms with Crippen LogP contribution in [0.2, 0.25) is 0 Å². The summed E-state index contributed by atoms with van der Waals surface area (Å²) < 4.78 is 0. The third kappa shape index (κ3) is 2.01. The number of aryl methyl sites for hydroxylation is 1. The molecule has 1 fully saturated rings. The molecule has 0 amide bonds. The van der Waals surface area contributed by atoms with Crippen molar-refractivity contribution in [3.8, 4) is 0 Å². The van der Waals surface area contributed by atoms with Crippen molar-refractivity contribution in [1.82, 2.24) is 9.97 Å². The first kappa shape index (κ1) is 9.40. The van der Waals surface area contributed by atoms with Crippen LogP contribution in [0, 0.1) is 6.92 Å². The minimum Gasteiger partial charge on any atom is -0.368 e. The fraction of sp³-hybridized carbons (Fsp3) is 0.600. The molecule has 3 N–H and O–H groups in total. The highest BCUT2D eigenvalue weighted by Crippen LogP contribution is 2.28. The molecule has 0 radical (unpaired) electrons. The van der Waals surface area contributed by atoms with Crippen LogP contribution in [0.25, 0.3) is 0 Å². The zero-order valence-corrected chi connectivity index (χ0v) is 8.45. The van der Waals surface area contributed by atoms with Crippen molar-refractivity contribution in [3.63, 3.8) is 0 Å². The van der Waals surface area contributed by atoms with Crippen LogP contribution in [0.3, 0.4) is 0 Å². The molecule has 0 spiro atoms. The Bertz CT molecular complexity index is 320. The van der Waals surface area contributed by atoms with E-state index in [9.17, 15) is 0 Å². The van der Waals surface area contributed by atoms with E-state index in [-0.39, 0.29) is 5.54 Å². The Morgan fingerprint density at radius 3 is 2.93 bits per heavy atom. The van der Waals surface area contributed by atoms with Gasteiger partial charge in [-0.15, -0.1) is 0 Å². The first-order valence-corrected chi connectivity index (χ1v) is 5.00. The van der Waals surface area contributed by atoms with E-state index in [4.69, 9.17) is 5.73 Å². The van der Waals surface area contributed by atoms with Gasteiger partial charge in [0, 0.05) is 18.3 Å². The normalized spacial score (nSPS) is 18.7. The third-order valence-corrected chi connectivity index (χ3v) is 2.75. The lowest BCUT2D eigenvalue weighted by atomic mass is 9.78. The van der Waals surface area contributed by atoms with Gasteiger partial charge in [0.1, 0.15) is 11.6 Å².